The molecule has 1 aliphatic rings. The highest BCUT2D eigenvalue weighted by molar-refractivity contribution is 7.14. The van der Waals surface area contributed by atoms with E-state index < -0.39 is 0 Å². The monoisotopic (exact) mass is 343 g/mol. The molecule has 128 valence electrons. The maximum atomic E-state index is 12.2. The fraction of sp³-hybridized carbons (Fsp3) is 0.474. The molecule has 0 aliphatic carbocycles. The standard InChI is InChI=1S/C19H25N3OS/c1-13-3-5-16(14(2)11-13)17-12-24-19(21-17)22-18(23)6-4-15-7-9-20-10-8-15/h3,5,11-12,15,20H,4,6-10H2,1-2H3,(H,21,22,23). The summed E-state index contributed by atoms with van der Waals surface area (Å²) >= 11 is 1.49. The first-order valence-corrected chi connectivity index (χ1v) is 9.53. The van der Waals surface area contributed by atoms with Crippen LogP contribution in [0.15, 0.2) is 23.6 Å². The van der Waals surface area contributed by atoms with Crippen LogP contribution >= 0.6 is 11.3 Å². The number of carbonyl (C=O) groups excluding carboxylic acids is 1. The lowest BCUT2D eigenvalue weighted by Crippen LogP contribution is -2.28. The molecule has 2 heterocycles. The zero-order chi connectivity index (χ0) is 16.9. The first-order valence-electron chi connectivity index (χ1n) is 8.65. The normalized spacial score (nSPS) is 15.4. The molecule has 1 amide bonds. The lowest BCUT2D eigenvalue weighted by molar-refractivity contribution is -0.116. The predicted octanol–water partition coefficient (Wildman–Crippen LogP) is 4.15. The average molecular weight is 343 g/mol. The zero-order valence-electron chi connectivity index (χ0n) is 14.4. The molecule has 0 atom stereocenters. The smallest absolute Gasteiger partial charge is 0.226 e. The van der Waals surface area contributed by atoms with Gasteiger partial charge >= 0.3 is 0 Å². The molecule has 2 aromatic rings. The van der Waals surface area contributed by atoms with Gasteiger partial charge in [0.25, 0.3) is 0 Å². The molecule has 24 heavy (non-hydrogen) atoms. The van der Waals surface area contributed by atoms with Crippen LogP contribution in [-0.4, -0.2) is 24.0 Å². The summed E-state index contributed by atoms with van der Waals surface area (Å²) in [6, 6.07) is 6.35. The lowest BCUT2D eigenvalue weighted by Gasteiger charge is -2.21. The minimum atomic E-state index is 0.0788. The van der Waals surface area contributed by atoms with Crippen LogP contribution in [0.5, 0.6) is 0 Å². The van der Waals surface area contributed by atoms with Crippen LogP contribution in [0.3, 0.4) is 0 Å². The molecule has 5 heteroatoms. The number of aryl methyl sites for hydroxylation is 2. The summed E-state index contributed by atoms with van der Waals surface area (Å²) in [7, 11) is 0. The van der Waals surface area contributed by atoms with E-state index in [0.717, 1.165) is 30.8 Å². The molecule has 0 unspecified atom stereocenters. The van der Waals surface area contributed by atoms with Gasteiger partial charge in [-0.05, 0) is 57.7 Å². The molecule has 2 N–H and O–H groups in total. The van der Waals surface area contributed by atoms with E-state index in [1.165, 1.54) is 35.3 Å². The minimum absolute atomic E-state index is 0.0788. The van der Waals surface area contributed by atoms with Gasteiger partial charge in [0, 0.05) is 17.4 Å². The summed E-state index contributed by atoms with van der Waals surface area (Å²) in [5, 5.41) is 9.02. The summed E-state index contributed by atoms with van der Waals surface area (Å²) in [6.07, 6.45) is 3.93. The van der Waals surface area contributed by atoms with Gasteiger partial charge in [-0.25, -0.2) is 4.98 Å². The highest BCUT2D eigenvalue weighted by Crippen LogP contribution is 2.28. The number of rotatable bonds is 5. The van der Waals surface area contributed by atoms with E-state index in [1.54, 1.807) is 0 Å². The van der Waals surface area contributed by atoms with E-state index in [9.17, 15) is 4.79 Å². The second-order valence-corrected chi connectivity index (χ2v) is 7.49. The van der Waals surface area contributed by atoms with Crippen molar-refractivity contribution in [2.24, 2.45) is 5.92 Å². The molecule has 3 rings (SSSR count). The summed E-state index contributed by atoms with van der Waals surface area (Å²) < 4.78 is 0. The number of thiazole rings is 1. The fourth-order valence-electron chi connectivity index (χ4n) is 3.24. The first kappa shape index (κ1) is 17.1. The molecule has 4 nitrogen and oxygen atoms in total. The lowest BCUT2D eigenvalue weighted by atomic mass is 9.93. The largest absolute Gasteiger partial charge is 0.317 e. The third-order valence-electron chi connectivity index (χ3n) is 4.65. The van der Waals surface area contributed by atoms with Crippen molar-refractivity contribution in [3.8, 4) is 11.3 Å². The van der Waals surface area contributed by atoms with Gasteiger partial charge < -0.3 is 10.6 Å². The van der Waals surface area contributed by atoms with Crippen molar-refractivity contribution in [3.63, 3.8) is 0 Å². The van der Waals surface area contributed by atoms with Crippen molar-refractivity contribution >= 4 is 22.4 Å². The van der Waals surface area contributed by atoms with Gasteiger partial charge in [0.05, 0.1) is 5.69 Å². The number of benzene rings is 1. The zero-order valence-corrected chi connectivity index (χ0v) is 15.2. The fourth-order valence-corrected chi connectivity index (χ4v) is 3.97. The van der Waals surface area contributed by atoms with E-state index >= 15 is 0 Å². The molecular formula is C19H25N3OS. The topological polar surface area (TPSA) is 54.0 Å². The van der Waals surface area contributed by atoms with Crippen molar-refractivity contribution < 1.29 is 4.79 Å². The highest BCUT2D eigenvalue weighted by atomic mass is 32.1. The molecule has 0 spiro atoms. The van der Waals surface area contributed by atoms with E-state index in [0.29, 0.717) is 17.5 Å². The molecule has 1 aromatic heterocycles. The molecule has 0 bridgehead atoms. The van der Waals surface area contributed by atoms with Crippen LogP contribution in [0.2, 0.25) is 0 Å². The third-order valence-corrected chi connectivity index (χ3v) is 5.40. The number of piperidine rings is 1. The Labute approximate surface area is 147 Å². The number of carbonyl (C=O) groups is 1. The van der Waals surface area contributed by atoms with Gasteiger partial charge in [-0.3, -0.25) is 4.79 Å². The number of amides is 1. The Kier molecular flexibility index (Phi) is 5.63. The number of aromatic nitrogens is 1. The molecule has 1 saturated heterocycles. The Morgan fingerprint density at radius 2 is 2.12 bits per heavy atom. The van der Waals surface area contributed by atoms with E-state index in [1.807, 2.05) is 5.38 Å². The van der Waals surface area contributed by atoms with Gasteiger partial charge in [0.15, 0.2) is 5.13 Å². The van der Waals surface area contributed by atoms with Gasteiger partial charge in [-0.2, -0.15) is 0 Å². The van der Waals surface area contributed by atoms with E-state index in [-0.39, 0.29) is 5.91 Å². The minimum Gasteiger partial charge on any atom is -0.317 e. The van der Waals surface area contributed by atoms with Crippen molar-refractivity contribution in [2.45, 2.75) is 39.5 Å². The summed E-state index contributed by atoms with van der Waals surface area (Å²) in [5.74, 6) is 0.758. The molecule has 1 aromatic carbocycles. The second-order valence-electron chi connectivity index (χ2n) is 6.64. The van der Waals surface area contributed by atoms with Crippen LogP contribution in [-0.2, 0) is 4.79 Å². The van der Waals surface area contributed by atoms with Crippen molar-refractivity contribution in [3.05, 3.63) is 34.7 Å². The van der Waals surface area contributed by atoms with Crippen molar-refractivity contribution in [1.29, 1.82) is 0 Å². The second kappa shape index (κ2) is 7.90. The Hall–Kier alpha value is -1.72. The Balaban J connectivity index is 1.56. The first-order chi connectivity index (χ1) is 11.6. The number of hydrogen-bond donors (Lipinski definition) is 2. The Morgan fingerprint density at radius 3 is 2.88 bits per heavy atom. The number of hydrogen-bond acceptors (Lipinski definition) is 4. The summed E-state index contributed by atoms with van der Waals surface area (Å²) in [6.45, 7) is 6.35. The Morgan fingerprint density at radius 1 is 1.33 bits per heavy atom. The molecule has 0 radical (unpaired) electrons. The van der Waals surface area contributed by atoms with Crippen molar-refractivity contribution in [2.75, 3.05) is 18.4 Å². The van der Waals surface area contributed by atoms with Crippen molar-refractivity contribution in [1.82, 2.24) is 10.3 Å². The summed E-state index contributed by atoms with van der Waals surface area (Å²) in [4.78, 5) is 16.7. The predicted molar refractivity (Wildman–Crippen MR) is 100 cm³/mol. The number of nitrogens with one attached hydrogen (secondary N) is 2. The molecular weight excluding hydrogens is 318 g/mol. The number of anilines is 1. The van der Waals surface area contributed by atoms with Crippen LogP contribution in [0.25, 0.3) is 11.3 Å². The number of nitrogens with zero attached hydrogens (tertiary/aromatic N) is 1. The van der Waals surface area contributed by atoms with Crippen LogP contribution in [0.4, 0.5) is 5.13 Å². The van der Waals surface area contributed by atoms with Gasteiger partial charge in [0.1, 0.15) is 0 Å². The average Bonchev–Trinajstić information content (AvgIpc) is 3.02. The third kappa shape index (κ3) is 4.42. The van der Waals surface area contributed by atoms with Crippen LogP contribution in [0.1, 0.15) is 36.8 Å². The SMILES string of the molecule is Cc1ccc(-c2csc(NC(=O)CCC3CCNCC3)n2)c(C)c1. The maximum absolute atomic E-state index is 12.2. The molecule has 1 aliphatic heterocycles. The van der Waals surface area contributed by atoms with E-state index in [2.05, 4.69) is 47.7 Å². The molecule has 0 saturated carbocycles. The van der Waals surface area contributed by atoms with Crippen LogP contribution < -0.4 is 10.6 Å². The van der Waals surface area contributed by atoms with Crippen LogP contribution in [0, 0.1) is 19.8 Å². The van der Waals surface area contributed by atoms with Gasteiger partial charge in [0.2, 0.25) is 5.91 Å². The summed E-state index contributed by atoms with van der Waals surface area (Å²) in [5.41, 5.74) is 4.53. The quantitative estimate of drug-likeness (QED) is 0.858. The maximum Gasteiger partial charge on any atom is 0.226 e. The highest BCUT2D eigenvalue weighted by Gasteiger charge is 2.15. The molecule has 1 fully saturated rings. The van der Waals surface area contributed by atoms with Gasteiger partial charge in [-0.1, -0.05) is 23.8 Å². The van der Waals surface area contributed by atoms with E-state index in [4.69, 9.17) is 0 Å². The Bertz CT molecular complexity index is 704. The van der Waals surface area contributed by atoms with Gasteiger partial charge in [-0.15, -0.1) is 11.3 Å².